The maximum Gasteiger partial charge on any atom is 0.119 e. The molecule has 0 aliphatic carbocycles. The number of benzene rings is 2. The van der Waals surface area contributed by atoms with Crippen molar-refractivity contribution in [2.75, 3.05) is 32.2 Å². The van der Waals surface area contributed by atoms with Crippen molar-refractivity contribution in [1.82, 2.24) is 0 Å². The molecule has 0 atom stereocenters. The van der Waals surface area contributed by atoms with E-state index in [1.807, 2.05) is 12.1 Å². The van der Waals surface area contributed by atoms with Crippen LogP contribution in [0.1, 0.15) is 18.1 Å². The van der Waals surface area contributed by atoms with E-state index >= 15 is 0 Å². The van der Waals surface area contributed by atoms with Crippen molar-refractivity contribution in [3.05, 3.63) is 47.5 Å². The molecule has 0 amide bonds. The summed E-state index contributed by atoms with van der Waals surface area (Å²) >= 11 is 0. The van der Waals surface area contributed by atoms with E-state index < -0.39 is 0 Å². The highest BCUT2D eigenvalue weighted by Gasteiger charge is 2.06. The average molecular weight is 299 g/mol. The second kappa shape index (κ2) is 7.85. The Balaban J connectivity index is 2.20. The van der Waals surface area contributed by atoms with Gasteiger partial charge in [-0.15, -0.1) is 0 Å². The van der Waals surface area contributed by atoms with Crippen molar-refractivity contribution < 1.29 is 9.47 Å². The van der Waals surface area contributed by atoms with Gasteiger partial charge in [0.05, 0.1) is 6.61 Å². The Morgan fingerprint density at radius 1 is 0.955 bits per heavy atom. The highest BCUT2D eigenvalue weighted by Crippen LogP contribution is 2.29. The fraction of sp³-hybridized carbons (Fsp3) is 0.368. The van der Waals surface area contributed by atoms with Gasteiger partial charge >= 0.3 is 0 Å². The van der Waals surface area contributed by atoms with Gasteiger partial charge in [-0.05, 0) is 61.2 Å². The molecule has 0 saturated heterocycles. The topological polar surface area (TPSA) is 30.5 Å². The molecule has 0 heterocycles. The minimum Gasteiger partial charge on any atom is -0.491 e. The summed E-state index contributed by atoms with van der Waals surface area (Å²) in [6.07, 6.45) is 0. The average Bonchev–Trinajstić information content (AvgIpc) is 2.53. The molecule has 22 heavy (non-hydrogen) atoms. The number of anilines is 1. The van der Waals surface area contributed by atoms with Crippen LogP contribution in [0.5, 0.6) is 5.75 Å². The molecule has 2 aromatic carbocycles. The van der Waals surface area contributed by atoms with Crippen molar-refractivity contribution in [3.8, 4) is 16.9 Å². The summed E-state index contributed by atoms with van der Waals surface area (Å²) in [5.74, 6) is 0.872. The first-order valence-electron chi connectivity index (χ1n) is 7.73. The molecule has 2 rings (SSSR count). The van der Waals surface area contributed by atoms with Crippen LogP contribution in [0, 0.1) is 13.8 Å². The maximum atomic E-state index is 5.61. The summed E-state index contributed by atoms with van der Waals surface area (Å²) in [5, 5.41) is 3.43. The van der Waals surface area contributed by atoms with Crippen LogP contribution < -0.4 is 10.1 Å². The molecule has 0 aliphatic rings. The second-order valence-corrected chi connectivity index (χ2v) is 5.36. The van der Waals surface area contributed by atoms with E-state index in [2.05, 4.69) is 50.4 Å². The van der Waals surface area contributed by atoms with Gasteiger partial charge < -0.3 is 14.8 Å². The standard InChI is InChI=1S/C19H25NO2/c1-5-20-19-13-17(12-14(2)15(19)3)16-6-8-18(9-7-16)22-11-10-21-4/h6-9,12-13,20H,5,10-11H2,1-4H3. The number of methoxy groups -OCH3 is 1. The fourth-order valence-corrected chi connectivity index (χ4v) is 2.39. The van der Waals surface area contributed by atoms with E-state index in [1.165, 1.54) is 27.9 Å². The van der Waals surface area contributed by atoms with Crippen LogP contribution in [0.15, 0.2) is 36.4 Å². The summed E-state index contributed by atoms with van der Waals surface area (Å²) < 4.78 is 10.6. The lowest BCUT2D eigenvalue weighted by Crippen LogP contribution is -2.04. The van der Waals surface area contributed by atoms with Gasteiger partial charge in [-0.3, -0.25) is 0 Å². The Bertz CT molecular complexity index is 606. The quantitative estimate of drug-likeness (QED) is 0.767. The van der Waals surface area contributed by atoms with Crippen molar-refractivity contribution >= 4 is 5.69 Å². The Morgan fingerprint density at radius 3 is 2.32 bits per heavy atom. The molecule has 3 heteroatoms. The zero-order chi connectivity index (χ0) is 15.9. The van der Waals surface area contributed by atoms with Gasteiger partial charge in [-0.25, -0.2) is 0 Å². The number of hydrogen-bond acceptors (Lipinski definition) is 3. The molecule has 3 nitrogen and oxygen atoms in total. The van der Waals surface area contributed by atoms with Gasteiger partial charge in [-0.1, -0.05) is 18.2 Å². The lowest BCUT2D eigenvalue weighted by Gasteiger charge is -2.14. The van der Waals surface area contributed by atoms with E-state index in [0.29, 0.717) is 13.2 Å². The first-order valence-corrected chi connectivity index (χ1v) is 7.73. The third-order valence-corrected chi connectivity index (χ3v) is 3.78. The van der Waals surface area contributed by atoms with Crippen LogP contribution in [0.3, 0.4) is 0 Å². The predicted octanol–water partition coefficient (Wildman–Crippen LogP) is 4.43. The van der Waals surface area contributed by atoms with Gasteiger partial charge in [0.2, 0.25) is 0 Å². The van der Waals surface area contributed by atoms with E-state index in [1.54, 1.807) is 7.11 Å². The van der Waals surface area contributed by atoms with Crippen molar-refractivity contribution in [3.63, 3.8) is 0 Å². The maximum absolute atomic E-state index is 5.61. The molecule has 2 aromatic rings. The van der Waals surface area contributed by atoms with Crippen molar-refractivity contribution in [2.45, 2.75) is 20.8 Å². The minimum atomic E-state index is 0.573. The molecular weight excluding hydrogens is 274 g/mol. The first kappa shape index (κ1) is 16.4. The third kappa shape index (κ3) is 4.01. The summed E-state index contributed by atoms with van der Waals surface area (Å²) in [4.78, 5) is 0. The zero-order valence-corrected chi connectivity index (χ0v) is 13.9. The largest absolute Gasteiger partial charge is 0.491 e. The Morgan fingerprint density at radius 2 is 1.68 bits per heavy atom. The Kier molecular flexibility index (Phi) is 5.84. The van der Waals surface area contributed by atoms with Crippen LogP contribution in [0.25, 0.3) is 11.1 Å². The predicted molar refractivity (Wildman–Crippen MR) is 92.9 cm³/mol. The SMILES string of the molecule is CCNc1cc(-c2ccc(OCCOC)cc2)cc(C)c1C. The summed E-state index contributed by atoms with van der Waals surface area (Å²) in [7, 11) is 1.67. The van der Waals surface area contributed by atoms with Crippen LogP contribution in [-0.4, -0.2) is 26.9 Å². The monoisotopic (exact) mass is 299 g/mol. The molecule has 0 aromatic heterocycles. The molecule has 0 saturated carbocycles. The van der Waals surface area contributed by atoms with E-state index in [4.69, 9.17) is 9.47 Å². The number of ether oxygens (including phenoxy) is 2. The summed E-state index contributed by atoms with van der Waals surface area (Å²) in [6, 6.07) is 12.7. The smallest absolute Gasteiger partial charge is 0.119 e. The van der Waals surface area contributed by atoms with E-state index in [0.717, 1.165) is 12.3 Å². The van der Waals surface area contributed by atoms with Crippen LogP contribution in [0.2, 0.25) is 0 Å². The first-order chi connectivity index (χ1) is 10.7. The lowest BCUT2D eigenvalue weighted by molar-refractivity contribution is 0.146. The lowest BCUT2D eigenvalue weighted by atomic mass is 9.98. The molecule has 118 valence electrons. The molecule has 0 aliphatic heterocycles. The molecule has 0 radical (unpaired) electrons. The van der Waals surface area contributed by atoms with Crippen LogP contribution >= 0.6 is 0 Å². The number of nitrogens with one attached hydrogen (secondary N) is 1. The van der Waals surface area contributed by atoms with E-state index in [-0.39, 0.29) is 0 Å². The zero-order valence-electron chi connectivity index (χ0n) is 13.9. The summed E-state index contributed by atoms with van der Waals surface area (Å²) in [6.45, 7) is 8.53. The van der Waals surface area contributed by atoms with Gasteiger partial charge in [0.15, 0.2) is 0 Å². The second-order valence-electron chi connectivity index (χ2n) is 5.36. The molecule has 0 unspecified atom stereocenters. The van der Waals surface area contributed by atoms with Gasteiger partial charge in [-0.2, -0.15) is 0 Å². The molecule has 0 bridgehead atoms. The molecule has 0 fully saturated rings. The minimum absolute atomic E-state index is 0.573. The fourth-order valence-electron chi connectivity index (χ4n) is 2.39. The number of rotatable bonds is 7. The third-order valence-electron chi connectivity index (χ3n) is 3.78. The van der Waals surface area contributed by atoms with Crippen LogP contribution in [0.4, 0.5) is 5.69 Å². The van der Waals surface area contributed by atoms with Crippen molar-refractivity contribution in [2.24, 2.45) is 0 Å². The molecular formula is C19H25NO2. The van der Waals surface area contributed by atoms with E-state index in [9.17, 15) is 0 Å². The molecule has 0 spiro atoms. The summed E-state index contributed by atoms with van der Waals surface area (Å²) in [5.41, 5.74) is 6.24. The highest BCUT2D eigenvalue weighted by atomic mass is 16.5. The number of hydrogen-bond donors (Lipinski definition) is 1. The van der Waals surface area contributed by atoms with Gasteiger partial charge in [0, 0.05) is 19.3 Å². The van der Waals surface area contributed by atoms with Crippen LogP contribution in [-0.2, 0) is 4.74 Å². The van der Waals surface area contributed by atoms with Gasteiger partial charge in [0.25, 0.3) is 0 Å². The normalized spacial score (nSPS) is 10.5. The molecule has 1 N–H and O–H groups in total. The van der Waals surface area contributed by atoms with Gasteiger partial charge in [0.1, 0.15) is 12.4 Å². The number of aryl methyl sites for hydroxylation is 1. The Hall–Kier alpha value is -2.00. The Labute approximate surface area is 133 Å². The highest BCUT2D eigenvalue weighted by molar-refractivity contribution is 5.72. The van der Waals surface area contributed by atoms with Crippen molar-refractivity contribution in [1.29, 1.82) is 0 Å².